The van der Waals surface area contributed by atoms with E-state index in [2.05, 4.69) is 5.32 Å². The maximum Gasteiger partial charge on any atom is 0.337 e. The summed E-state index contributed by atoms with van der Waals surface area (Å²) >= 11 is 0. The SMILES string of the molecule is COCCOC(=O)C1=C(C)NC2=C(C(=O)CCC2)[C@@H]1c1ccc(C(=O)OC)cc1. The maximum atomic E-state index is 12.9. The lowest BCUT2D eigenvalue weighted by atomic mass is 9.75. The van der Waals surface area contributed by atoms with E-state index in [-0.39, 0.29) is 19.0 Å². The Balaban J connectivity index is 2.03. The van der Waals surface area contributed by atoms with Gasteiger partial charge in [-0.15, -0.1) is 0 Å². The van der Waals surface area contributed by atoms with Gasteiger partial charge in [-0.3, -0.25) is 4.79 Å². The number of dihydropyridines is 1. The highest BCUT2D eigenvalue weighted by molar-refractivity contribution is 6.03. The van der Waals surface area contributed by atoms with Crippen LogP contribution in [0.1, 0.15) is 48.0 Å². The Kier molecular flexibility index (Phi) is 6.49. The number of methoxy groups -OCH3 is 2. The molecule has 7 heteroatoms. The lowest BCUT2D eigenvalue weighted by molar-refractivity contribution is -0.140. The van der Waals surface area contributed by atoms with Crippen LogP contribution in [0, 0.1) is 0 Å². The van der Waals surface area contributed by atoms with Crippen molar-refractivity contribution in [1.29, 1.82) is 0 Å². The monoisotopic (exact) mass is 399 g/mol. The van der Waals surface area contributed by atoms with Crippen LogP contribution < -0.4 is 5.32 Å². The van der Waals surface area contributed by atoms with Crippen molar-refractivity contribution >= 4 is 17.7 Å². The van der Waals surface area contributed by atoms with E-state index in [1.165, 1.54) is 14.2 Å². The standard InChI is InChI=1S/C22H25NO6/c1-13-18(22(26)29-12-11-27-2)19(20-16(23-13)5-4-6-17(20)24)14-7-9-15(10-8-14)21(25)28-3/h7-10,19,23H,4-6,11-12H2,1-3H3/t19-/m1/s1. The number of Topliss-reactive ketones (excluding diaryl/α,β-unsaturated/α-hetero) is 1. The number of hydrogen-bond acceptors (Lipinski definition) is 7. The first-order chi connectivity index (χ1) is 14.0. The van der Waals surface area contributed by atoms with Crippen LogP contribution in [-0.2, 0) is 23.8 Å². The summed E-state index contributed by atoms with van der Waals surface area (Å²) in [7, 11) is 2.85. The summed E-state index contributed by atoms with van der Waals surface area (Å²) < 4.78 is 15.1. The number of ketones is 1. The van der Waals surface area contributed by atoms with Gasteiger partial charge in [-0.1, -0.05) is 12.1 Å². The highest BCUT2D eigenvalue weighted by Crippen LogP contribution is 2.42. The zero-order valence-electron chi connectivity index (χ0n) is 16.9. The van der Waals surface area contributed by atoms with Gasteiger partial charge in [0.25, 0.3) is 0 Å². The van der Waals surface area contributed by atoms with Gasteiger partial charge in [-0.05, 0) is 37.5 Å². The fraction of sp³-hybridized carbons (Fsp3) is 0.409. The first-order valence-corrected chi connectivity index (χ1v) is 9.56. The fourth-order valence-corrected chi connectivity index (χ4v) is 3.81. The van der Waals surface area contributed by atoms with E-state index in [1.54, 1.807) is 24.3 Å². The summed E-state index contributed by atoms with van der Waals surface area (Å²) in [5, 5.41) is 3.24. The van der Waals surface area contributed by atoms with Gasteiger partial charge < -0.3 is 19.5 Å². The molecular formula is C22H25NO6. The molecule has 1 atom stereocenters. The molecule has 154 valence electrons. The normalized spacial score (nSPS) is 18.9. The summed E-state index contributed by atoms with van der Waals surface area (Å²) in [5.74, 6) is -1.45. The molecule has 0 radical (unpaired) electrons. The van der Waals surface area contributed by atoms with E-state index in [1.807, 2.05) is 6.92 Å². The van der Waals surface area contributed by atoms with Gasteiger partial charge >= 0.3 is 11.9 Å². The van der Waals surface area contributed by atoms with E-state index >= 15 is 0 Å². The molecule has 0 aromatic heterocycles. The van der Waals surface area contributed by atoms with Crippen LogP contribution in [0.5, 0.6) is 0 Å². The van der Waals surface area contributed by atoms with E-state index < -0.39 is 17.9 Å². The Morgan fingerprint density at radius 2 is 1.79 bits per heavy atom. The van der Waals surface area contributed by atoms with Gasteiger partial charge in [-0.25, -0.2) is 9.59 Å². The Hall–Kier alpha value is -2.93. The van der Waals surface area contributed by atoms with Crippen LogP contribution in [0.4, 0.5) is 0 Å². The van der Waals surface area contributed by atoms with Crippen LogP contribution in [0.15, 0.2) is 46.8 Å². The molecule has 1 aliphatic carbocycles. The van der Waals surface area contributed by atoms with E-state index in [0.29, 0.717) is 28.8 Å². The number of esters is 2. The first kappa shape index (κ1) is 20.8. The van der Waals surface area contributed by atoms with Crippen LogP contribution in [0.3, 0.4) is 0 Å². The van der Waals surface area contributed by atoms with Gasteiger partial charge in [-0.2, -0.15) is 0 Å². The number of rotatable bonds is 6. The van der Waals surface area contributed by atoms with Gasteiger partial charge in [0, 0.05) is 36.4 Å². The first-order valence-electron chi connectivity index (χ1n) is 9.56. The molecule has 0 saturated heterocycles. The molecular weight excluding hydrogens is 374 g/mol. The summed E-state index contributed by atoms with van der Waals surface area (Å²) in [6, 6.07) is 6.79. The van der Waals surface area contributed by atoms with Gasteiger partial charge in [0.15, 0.2) is 5.78 Å². The van der Waals surface area contributed by atoms with Gasteiger partial charge in [0.1, 0.15) is 6.61 Å². The summed E-state index contributed by atoms with van der Waals surface area (Å²) in [4.78, 5) is 37.4. The molecule has 1 aromatic carbocycles. The minimum atomic E-state index is -0.541. The molecule has 7 nitrogen and oxygen atoms in total. The molecule has 1 heterocycles. The van der Waals surface area contributed by atoms with Crippen molar-refractivity contribution in [3.05, 3.63) is 57.9 Å². The maximum absolute atomic E-state index is 12.9. The van der Waals surface area contributed by atoms with E-state index in [0.717, 1.165) is 24.1 Å². The van der Waals surface area contributed by atoms with Crippen molar-refractivity contribution in [2.45, 2.75) is 32.1 Å². The van der Waals surface area contributed by atoms with Crippen molar-refractivity contribution < 1.29 is 28.6 Å². The molecule has 0 fully saturated rings. The van der Waals surface area contributed by atoms with E-state index in [4.69, 9.17) is 14.2 Å². The number of hydrogen-bond donors (Lipinski definition) is 1. The van der Waals surface area contributed by atoms with Crippen molar-refractivity contribution in [1.82, 2.24) is 5.32 Å². The predicted octanol–water partition coefficient (Wildman–Crippen LogP) is 2.63. The molecule has 29 heavy (non-hydrogen) atoms. The third-order valence-electron chi connectivity index (χ3n) is 5.18. The Morgan fingerprint density at radius 3 is 2.45 bits per heavy atom. The lowest BCUT2D eigenvalue weighted by Gasteiger charge is -2.34. The molecule has 1 aliphatic heterocycles. The minimum absolute atomic E-state index is 0.0236. The van der Waals surface area contributed by atoms with Crippen LogP contribution in [0.2, 0.25) is 0 Å². The number of benzene rings is 1. The Bertz CT molecular complexity index is 881. The number of carbonyl (C=O) groups is 3. The molecule has 0 bridgehead atoms. The topological polar surface area (TPSA) is 90.9 Å². The average Bonchev–Trinajstić information content (AvgIpc) is 2.72. The lowest BCUT2D eigenvalue weighted by Crippen LogP contribution is -2.34. The number of ether oxygens (including phenoxy) is 3. The number of allylic oxidation sites excluding steroid dienone is 3. The Labute approximate surface area is 169 Å². The fourth-order valence-electron chi connectivity index (χ4n) is 3.81. The number of carbonyl (C=O) groups excluding carboxylic acids is 3. The largest absolute Gasteiger partial charge is 0.465 e. The Morgan fingerprint density at radius 1 is 1.07 bits per heavy atom. The average molecular weight is 399 g/mol. The van der Waals surface area contributed by atoms with Crippen LogP contribution >= 0.6 is 0 Å². The minimum Gasteiger partial charge on any atom is -0.465 e. The molecule has 0 saturated carbocycles. The van der Waals surface area contributed by atoms with Crippen molar-refractivity contribution in [2.24, 2.45) is 0 Å². The highest BCUT2D eigenvalue weighted by atomic mass is 16.6. The molecule has 0 unspecified atom stereocenters. The number of nitrogens with one attached hydrogen (secondary N) is 1. The summed E-state index contributed by atoms with van der Waals surface area (Å²) in [6.45, 7) is 2.22. The highest BCUT2D eigenvalue weighted by Gasteiger charge is 2.39. The quantitative estimate of drug-likeness (QED) is 0.581. The van der Waals surface area contributed by atoms with Gasteiger partial charge in [0.05, 0.1) is 24.9 Å². The van der Waals surface area contributed by atoms with Crippen molar-refractivity contribution in [3.63, 3.8) is 0 Å². The molecule has 2 aliphatic rings. The molecule has 1 aromatic rings. The second-order valence-corrected chi connectivity index (χ2v) is 7.01. The third-order valence-corrected chi connectivity index (χ3v) is 5.18. The second-order valence-electron chi connectivity index (χ2n) is 7.01. The molecule has 1 N–H and O–H groups in total. The van der Waals surface area contributed by atoms with Crippen molar-refractivity contribution in [2.75, 3.05) is 27.4 Å². The zero-order chi connectivity index (χ0) is 21.0. The summed E-state index contributed by atoms with van der Waals surface area (Å²) in [6.07, 6.45) is 1.98. The van der Waals surface area contributed by atoms with Gasteiger partial charge in [0.2, 0.25) is 0 Å². The molecule has 0 amide bonds. The van der Waals surface area contributed by atoms with Crippen molar-refractivity contribution in [3.8, 4) is 0 Å². The van der Waals surface area contributed by atoms with Crippen LogP contribution in [0.25, 0.3) is 0 Å². The molecule has 3 rings (SSSR count). The predicted molar refractivity (Wildman–Crippen MR) is 105 cm³/mol. The second kappa shape index (κ2) is 9.05. The third kappa shape index (κ3) is 4.24. The summed E-state index contributed by atoms with van der Waals surface area (Å²) in [5.41, 5.74) is 3.68. The zero-order valence-corrected chi connectivity index (χ0v) is 16.9. The molecule has 0 spiro atoms. The van der Waals surface area contributed by atoms with Crippen LogP contribution in [-0.4, -0.2) is 45.2 Å². The smallest absolute Gasteiger partial charge is 0.337 e. The van der Waals surface area contributed by atoms with E-state index in [9.17, 15) is 14.4 Å².